The number of anilines is 1. The van der Waals surface area contributed by atoms with Crippen LogP contribution in [0.4, 0.5) is 23.1 Å². The van der Waals surface area contributed by atoms with Gasteiger partial charge >= 0.3 is 12.2 Å². The van der Waals surface area contributed by atoms with Crippen molar-refractivity contribution in [2.45, 2.75) is 12.6 Å². The highest BCUT2D eigenvalue weighted by molar-refractivity contribution is 7.13. The van der Waals surface area contributed by atoms with Crippen molar-refractivity contribution in [1.29, 1.82) is 0 Å². The number of rotatable bonds is 4. The van der Waals surface area contributed by atoms with Gasteiger partial charge in [0.25, 0.3) is 0 Å². The fraction of sp³-hybridized carbons (Fsp3) is 0.412. The van der Waals surface area contributed by atoms with E-state index in [1.165, 1.54) is 12.1 Å². The zero-order valence-electron chi connectivity index (χ0n) is 14.0. The molecule has 0 spiro atoms. The number of thiazole rings is 1. The second-order valence-electron chi connectivity index (χ2n) is 5.97. The van der Waals surface area contributed by atoms with Crippen LogP contribution >= 0.6 is 11.3 Å². The van der Waals surface area contributed by atoms with Crippen LogP contribution in [0.2, 0.25) is 0 Å². The van der Waals surface area contributed by atoms with E-state index in [1.807, 2.05) is 5.38 Å². The van der Waals surface area contributed by atoms with Crippen LogP contribution in [-0.4, -0.2) is 48.6 Å². The van der Waals surface area contributed by atoms with E-state index >= 15 is 0 Å². The largest absolute Gasteiger partial charge is 0.416 e. The smallest absolute Gasteiger partial charge is 0.345 e. The number of hydrogen-bond donors (Lipinski definition) is 1. The first-order valence-electron chi connectivity index (χ1n) is 8.27. The van der Waals surface area contributed by atoms with E-state index in [0.717, 1.165) is 35.9 Å². The zero-order chi connectivity index (χ0) is 18.6. The first kappa shape index (κ1) is 18.5. The van der Waals surface area contributed by atoms with Crippen LogP contribution in [-0.2, 0) is 12.6 Å². The van der Waals surface area contributed by atoms with Gasteiger partial charge in [-0.05, 0) is 24.1 Å². The summed E-state index contributed by atoms with van der Waals surface area (Å²) >= 11 is 1.58. The van der Waals surface area contributed by atoms with E-state index in [4.69, 9.17) is 0 Å². The lowest BCUT2D eigenvalue weighted by molar-refractivity contribution is -0.137. The molecule has 5 nitrogen and oxygen atoms in total. The molecule has 1 aliphatic heterocycles. The van der Waals surface area contributed by atoms with Gasteiger partial charge in [-0.1, -0.05) is 12.1 Å². The highest BCUT2D eigenvalue weighted by Gasteiger charge is 2.29. The maximum absolute atomic E-state index is 12.5. The first-order chi connectivity index (χ1) is 12.4. The standard InChI is InChI=1S/C17H19F3N4OS/c18-17(19,20)14-3-1-13(2-4-14)5-6-21-15(25)23-8-10-24(11-9-23)16-22-7-12-26-16/h1-4,7,12H,5-6,8-11H2,(H,21,25). The number of amides is 2. The number of carbonyl (C=O) groups excluding carboxylic acids is 1. The summed E-state index contributed by atoms with van der Waals surface area (Å²) < 4.78 is 37.6. The fourth-order valence-corrected chi connectivity index (χ4v) is 3.46. The van der Waals surface area contributed by atoms with Gasteiger partial charge in [0.05, 0.1) is 5.56 Å². The molecule has 2 aromatic rings. The molecule has 1 aromatic heterocycles. The third kappa shape index (κ3) is 4.66. The summed E-state index contributed by atoms with van der Waals surface area (Å²) in [5.74, 6) is 0. The maximum atomic E-state index is 12.5. The van der Waals surface area contributed by atoms with Gasteiger partial charge in [0.15, 0.2) is 5.13 Å². The van der Waals surface area contributed by atoms with Crippen LogP contribution in [0.3, 0.4) is 0 Å². The van der Waals surface area contributed by atoms with E-state index in [1.54, 1.807) is 22.4 Å². The van der Waals surface area contributed by atoms with E-state index < -0.39 is 11.7 Å². The van der Waals surface area contributed by atoms with Crippen LogP contribution in [0.25, 0.3) is 0 Å². The monoisotopic (exact) mass is 384 g/mol. The Bertz CT molecular complexity index is 711. The Morgan fingerprint density at radius 2 is 1.85 bits per heavy atom. The molecule has 140 valence electrons. The molecular weight excluding hydrogens is 365 g/mol. The van der Waals surface area contributed by atoms with Gasteiger partial charge < -0.3 is 15.1 Å². The molecule has 9 heteroatoms. The van der Waals surface area contributed by atoms with Crippen LogP contribution in [0.1, 0.15) is 11.1 Å². The Hall–Kier alpha value is -2.29. The summed E-state index contributed by atoms with van der Waals surface area (Å²) in [5.41, 5.74) is 0.0928. The lowest BCUT2D eigenvalue weighted by Crippen LogP contribution is -2.52. The SMILES string of the molecule is O=C(NCCc1ccc(C(F)(F)F)cc1)N1CCN(c2nccs2)CC1. The Morgan fingerprint density at radius 1 is 1.15 bits per heavy atom. The van der Waals surface area contributed by atoms with E-state index in [9.17, 15) is 18.0 Å². The third-order valence-corrected chi connectivity index (χ3v) is 5.06. The second kappa shape index (κ2) is 7.94. The number of carbonyl (C=O) groups is 1. The minimum atomic E-state index is -4.33. The number of aromatic nitrogens is 1. The number of piperazine rings is 1. The molecule has 1 fully saturated rings. The molecule has 0 atom stereocenters. The summed E-state index contributed by atoms with van der Waals surface area (Å²) in [6, 6.07) is 4.88. The number of benzene rings is 1. The molecule has 0 unspecified atom stereocenters. The number of urea groups is 1. The molecule has 0 saturated carbocycles. The quantitative estimate of drug-likeness (QED) is 0.881. The average molecular weight is 384 g/mol. The average Bonchev–Trinajstić information content (AvgIpc) is 3.16. The van der Waals surface area contributed by atoms with Gasteiger partial charge in [-0.2, -0.15) is 13.2 Å². The predicted molar refractivity (Wildman–Crippen MR) is 94.4 cm³/mol. The third-order valence-electron chi connectivity index (χ3n) is 4.23. The number of hydrogen-bond acceptors (Lipinski definition) is 4. The van der Waals surface area contributed by atoms with Crippen molar-refractivity contribution in [2.24, 2.45) is 0 Å². The lowest BCUT2D eigenvalue weighted by Gasteiger charge is -2.34. The molecule has 3 rings (SSSR count). The predicted octanol–water partition coefficient (Wildman–Crippen LogP) is 3.24. The maximum Gasteiger partial charge on any atom is 0.416 e. The van der Waals surface area contributed by atoms with Crippen LogP contribution in [0, 0.1) is 0 Å². The Balaban J connectivity index is 1.41. The zero-order valence-corrected chi connectivity index (χ0v) is 14.8. The summed E-state index contributed by atoms with van der Waals surface area (Å²) in [6.45, 7) is 3.09. The lowest BCUT2D eigenvalue weighted by atomic mass is 10.1. The van der Waals surface area contributed by atoms with Crippen molar-refractivity contribution in [3.8, 4) is 0 Å². The van der Waals surface area contributed by atoms with Crippen molar-refractivity contribution in [2.75, 3.05) is 37.6 Å². The highest BCUT2D eigenvalue weighted by Crippen LogP contribution is 2.29. The van der Waals surface area contributed by atoms with Gasteiger partial charge in [-0.3, -0.25) is 0 Å². The molecule has 26 heavy (non-hydrogen) atoms. The highest BCUT2D eigenvalue weighted by atomic mass is 32.1. The first-order valence-corrected chi connectivity index (χ1v) is 9.15. The van der Waals surface area contributed by atoms with Gasteiger partial charge in [-0.25, -0.2) is 9.78 Å². The van der Waals surface area contributed by atoms with E-state index in [2.05, 4.69) is 15.2 Å². The topological polar surface area (TPSA) is 48.5 Å². The van der Waals surface area contributed by atoms with Gasteiger partial charge in [0, 0.05) is 44.3 Å². The molecule has 0 aliphatic carbocycles. The van der Waals surface area contributed by atoms with E-state index in [0.29, 0.717) is 26.1 Å². The Morgan fingerprint density at radius 3 is 2.42 bits per heavy atom. The molecule has 1 aliphatic rings. The fourth-order valence-electron chi connectivity index (χ4n) is 2.76. The number of halogens is 3. The minimum Gasteiger partial charge on any atom is -0.345 e. The molecule has 1 N–H and O–H groups in total. The van der Waals surface area contributed by atoms with Crippen molar-refractivity contribution >= 4 is 22.5 Å². The van der Waals surface area contributed by atoms with Crippen LogP contribution in [0.5, 0.6) is 0 Å². The molecule has 0 bridgehead atoms. The van der Waals surface area contributed by atoms with Gasteiger partial charge in [-0.15, -0.1) is 11.3 Å². The molecule has 2 heterocycles. The van der Waals surface area contributed by atoms with Gasteiger partial charge in [0.1, 0.15) is 0 Å². The Kier molecular flexibility index (Phi) is 5.65. The number of nitrogens with zero attached hydrogens (tertiary/aromatic N) is 3. The molecular formula is C17H19F3N4OS. The molecule has 1 saturated heterocycles. The summed E-state index contributed by atoms with van der Waals surface area (Å²) in [6.07, 6.45) is -2.07. The van der Waals surface area contributed by atoms with Crippen molar-refractivity contribution in [3.63, 3.8) is 0 Å². The minimum absolute atomic E-state index is 0.143. The van der Waals surface area contributed by atoms with Crippen molar-refractivity contribution in [3.05, 3.63) is 47.0 Å². The Labute approximate surface area is 153 Å². The number of alkyl halides is 3. The summed E-state index contributed by atoms with van der Waals surface area (Å²) in [5, 5.41) is 5.72. The van der Waals surface area contributed by atoms with Crippen LogP contribution in [0.15, 0.2) is 35.8 Å². The second-order valence-corrected chi connectivity index (χ2v) is 6.84. The summed E-state index contributed by atoms with van der Waals surface area (Å²) in [7, 11) is 0. The summed E-state index contributed by atoms with van der Waals surface area (Å²) in [4.78, 5) is 20.4. The number of nitrogens with one attached hydrogen (secondary N) is 1. The van der Waals surface area contributed by atoms with Crippen molar-refractivity contribution < 1.29 is 18.0 Å². The molecule has 2 amide bonds. The van der Waals surface area contributed by atoms with E-state index in [-0.39, 0.29) is 6.03 Å². The van der Waals surface area contributed by atoms with Crippen molar-refractivity contribution in [1.82, 2.24) is 15.2 Å². The normalized spacial score (nSPS) is 15.2. The molecule has 1 aromatic carbocycles. The van der Waals surface area contributed by atoms with Gasteiger partial charge in [0.2, 0.25) is 0 Å². The van der Waals surface area contributed by atoms with Crippen LogP contribution < -0.4 is 10.2 Å². The molecule has 0 radical (unpaired) electrons.